The van der Waals surface area contributed by atoms with Gasteiger partial charge in [0.25, 0.3) is 5.91 Å². The molecular weight excluding hydrogens is 260 g/mol. The normalized spacial score (nSPS) is 18.1. The minimum atomic E-state index is -0.0901. The number of nitrogens with zero attached hydrogens (tertiary/aromatic N) is 1. The number of thiocarbonyl (C=S) groups is 1. The third kappa shape index (κ3) is 3.20. The molecule has 1 N–H and O–H groups in total. The largest absolute Gasteiger partial charge is 0.465 e. The molecule has 1 aliphatic heterocycles. The van der Waals surface area contributed by atoms with Gasteiger partial charge in [-0.3, -0.25) is 9.69 Å². The van der Waals surface area contributed by atoms with Crippen LogP contribution in [-0.2, 0) is 4.79 Å². The number of hydrogen-bond acceptors (Lipinski definition) is 3. The van der Waals surface area contributed by atoms with E-state index in [9.17, 15) is 4.79 Å². The number of amides is 1. The molecule has 1 amide bonds. The number of hydrogen-bond donors (Lipinski definition) is 1. The van der Waals surface area contributed by atoms with Crippen LogP contribution in [0.1, 0.15) is 5.76 Å². The van der Waals surface area contributed by atoms with Gasteiger partial charge in [-0.2, -0.15) is 0 Å². The van der Waals surface area contributed by atoms with Crippen LogP contribution in [0, 0.1) is 0 Å². The van der Waals surface area contributed by atoms with E-state index in [4.69, 9.17) is 16.6 Å². The molecule has 0 aliphatic carbocycles. The average Bonchev–Trinajstić information content (AvgIpc) is 2.90. The summed E-state index contributed by atoms with van der Waals surface area (Å²) in [5.41, 5.74) is 0.651. The molecule has 0 saturated carbocycles. The Morgan fingerprint density at radius 2 is 2.42 bits per heavy atom. The van der Waals surface area contributed by atoms with Crippen LogP contribution in [0.3, 0.4) is 0 Å². The monoisotopic (exact) mass is 274 g/mol. The second kappa shape index (κ2) is 6.15. The van der Waals surface area contributed by atoms with Crippen molar-refractivity contribution in [2.24, 2.45) is 0 Å². The fourth-order valence-corrected chi connectivity index (χ4v) is 1.91. The van der Waals surface area contributed by atoms with Crippen LogP contribution in [0.5, 0.6) is 0 Å². The number of carbonyl (C=O) groups excluding carboxylic acids is 1. The van der Waals surface area contributed by atoms with Gasteiger partial charge >= 0.3 is 0 Å². The predicted molar refractivity (Wildman–Crippen MR) is 78.3 cm³/mol. The van der Waals surface area contributed by atoms with E-state index < -0.39 is 0 Å². The van der Waals surface area contributed by atoms with Gasteiger partial charge in [0.15, 0.2) is 5.11 Å². The van der Waals surface area contributed by atoms with Crippen LogP contribution < -0.4 is 5.32 Å². The highest BCUT2D eigenvalue weighted by molar-refractivity contribution is 7.80. The zero-order chi connectivity index (χ0) is 13.7. The lowest BCUT2D eigenvalue weighted by Crippen LogP contribution is -2.51. The van der Waals surface area contributed by atoms with Crippen molar-refractivity contribution in [3.63, 3.8) is 0 Å². The Bertz CT molecular complexity index is 544. The molecule has 0 spiro atoms. The van der Waals surface area contributed by atoms with Crippen LogP contribution >= 0.6 is 12.2 Å². The number of furan rings is 1. The standard InChI is InChI=1S/C14H14N2O2S/c1-2-8-16-13(17)11(10-15-14(16)19)5-3-6-12-7-4-9-18-12/h2-7,9H,1,8,10H2,(H,15,19)/b6-3+,11-5+. The molecule has 0 aromatic carbocycles. The van der Waals surface area contributed by atoms with E-state index in [0.717, 1.165) is 5.76 Å². The SMILES string of the molecule is C=CCN1C(=O)/C(=C/C=C/c2ccco2)CNC1=S. The van der Waals surface area contributed by atoms with E-state index in [2.05, 4.69) is 11.9 Å². The highest BCUT2D eigenvalue weighted by atomic mass is 32.1. The summed E-state index contributed by atoms with van der Waals surface area (Å²) in [7, 11) is 0. The first-order valence-electron chi connectivity index (χ1n) is 5.83. The first kappa shape index (κ1) is 13.3. The van der Waals surface area contributed by atoms with Gasteiger partial charge < -0.3 is 9.73 Å². The minimum absolute atomic E-state index is 0.0901. The molecule has 1 aliphatic rings. The van der Waals surface area contributed by atoms with Gasteiger partial charge in [-0.25, -0.2) is 0 Å². The molecule has 0 bridgehead atoms. The van der Waals surface area contributed by atoms with Gasteiger partial charge in [0, 0.05) is 18.7 Å². The molecule has 5 heteroatoms. The number of carbonyl (C=O) groups is 1. The van der Waals surface area contributed by atoms with E-state index in [0.29, 0.717) is 23.8 Å². The van der Waals surface area contributed by atoms with Crippen LogP contribution in [0.4, 0.5) is 0 Å². The second-order valence-electron chi connectivity index (χ2n) is 3.93. The molecule has 0 unspecified atom stereocenters. The Labute approximate surface area is 117 Å². The average molecular weight is 274 g/mol. The molecule has 4 nitrogen and oxygen atoms in total. The summed E-state index contributed by atoms with van der Waals surface area (Å²) < 4.78 is 5.17. The molecule has 1 fully saturated rings. The van der Waals surface area contributed by atoms with E-state index in [1.54, 1.807) is 30.6 Å². The van der Waals surface area contributed by atoms with Gasteiger partial charge in [-0.05, 0) is 30.4 Å². The van der Waals surface area contributed by atoms with Gasteiger partial charge in [0.05, 0.1) is 6.26 Å². The van der Waals surface area contributed by atoms with Crippen molar-refractivity contribution >= 4 is 29.3 Å². The summed E-state index contributed by atoms with van der Waals surface area (Å²) in [6.07, 6.45) is 8.59. The van der Waals surface area contributed by atoms with Crippen molar-refractivity contribution in [2.75, 3.05) is 13.1 Å². The van der Waals surface area contributed by atoms with Crippen LogP contribution in [0.15, 0.2) is 53.2 Å². The Morgan fingerprint density at radius 3 is 3.11 bits per heavy atom. The Morgan fingerprint density at radius 1 is 1.58 bits per heavy atom. The lowest BCUT2D eigenvalue weighted by atomic mass is 10.1. The van der Waals surface area contributed by atoms with E-state index in [1.165, 1.54) is 4.90 Å². The quantitative estimate of drug-likeness (QED) is 0.519. The van der Waals surface area contributed by atoms with Crippen molar-refractivity contribution in [2.45, 2.75) is 0 Å². The highest BCUT2D eigenvalue weighted by Crippen LogP contribution is 2.10. The zero-order valence-corrected chi connectivity index (χ0v) is 11.2. The minimum Gasteiger partial charge on any atom is -0.465 e. The molecule has 1 aromatic heterocycles. The summed E-state index contributed by atoms with van der Waals surface area (Å²) >= 11 is 5.09. The molecular formula is C14H14N2O2S. The summed E-state index contributed by atoms with van der Waals surface area (Å²) in [4.78, 5) is 13.6. The highest BCUT2D eigenvalue weighted by Gasteiger charge is 2.25. The van der Waals surface area contributed by atoms with E-state index in [-0.39, 0.29) is 5.91 Å². The Hall–Kier alpha value is -2.14. The predicted octanol–water partition coefficient (Wildman–Crippen LogP) is 2.12. The number of allylic oxidation sites excluding steroid dienone is 2. The molecule has 19 heavy (non-hydrogen) atoms. The fraction of sp³-hybridized carbons (Fsp3) is 0.143. The lowest BCUT2D eigenvalue weighted by Gasteiger charge is -2.28. The maximum absolute atomic E-state index is 12.1. The third-order valence-corrected chi connectivity index (χ3v) is 2.97. The summed E-state index contributed by atoms with van der Waals surface area (Å²) in [6.45, 7) is 4.46. The van der Waals surface area contributed by atoms with Crippen molar-refractivity contribution in [1.82, 2.24) is 10.2 Å². The molecule has 2 rings (SSSR count). The maximum Gasteiger partial charge on any atom is 0.258 e. The van der Waals surface area contributed by atoms with Crippen molar-refractivity contribution in [3.05, 3.63) is 54.5 Å². The molecule has 0 atom stereocenters. The van der Waals surface area contributed by atoms with Crippen LogP contribution in [0.2, 0.25) is 0 Å². The van der Waals surface area contributed by atoms with Gasteiger partial charge in [-0.1, -0.05) is 18.2 Å². The van der Waals surface area contributed by atoms with Crippen LogP contribution in [0.25, 0.3) is 6.08 Å². The van der Waals surface area contributed by atoms with Gasteiger partial charge in [0.2, 0.25) is 0 Å². The zero-order valence-electron chi connectivity index (χ0n) is 10.3. The maximum atomic E-state index is 12.1. The molecule has 0 radical (unpaired) electrons. The molecule has 2 heterocycles. The Balaban J connectivity index is 2.09. The first-order chi connectivity index (χ1) is 9.22. The summed E-state index contributed by atoms with van der Waals surface area (Å²) in [5, 5.41) is 3.45. The third-order valence-electron chi connectivity index (χ3n) is 2.61. The van der Waals surface area contributed by atoms with Crippen LogP contribution in [-0.4, -0.2) is 29.0 Å². The molecule has 98 valence electrons. The van der Waals surface area contributed by atoms with Crippen molar-refractivity contribution in [1.29, 1.82) is 0 Å². The fourth-order valence-electron chi connectivity index (χ4n) is 1.68. The second-order valence-corrected chi connectivity index (χ2v) is 4.32. The van der Waals surface area contributed by atoms with Crippen molar-refractivity contribution < 1.29 is 9.21 Å². The first-order valence-corrected chi connectivity index (χ1v) is 6.24. The number of rotatable bonds is 4. The topological polar surface area (TPSA) is 45.5 Å². The lowest BCUT2D eigenvalue weighted by molar-refractivity contribution is -0.123. The van der Waals surface area contributed by atoms with E-state index >= 15 is 0 Å². The Kier molecular flexibility index (Phi) is 4.30. The molecule has 1 saturated heterocycles. The van der Waals surface area contributed by atoms with Crippen molar-refractivity contribution in [3.8, 4) is 0 Å². The molecule has 1 aromatic rings. The van der Waals surface area contributed by atoms with Gasteiger partial charge in [0.1, 0.15) is 5.76 Å². The smallest absolute Gasteiger partial charge is 0.258 e. The summed E-state index contributed by atoms with van der Waals surface area (Å²) in [5.74, 6) is 0.652. The number of nitrogens with one attached hydrogen (secondary N) is 1. The van der Waals surface area contributed by atoms with Gasteiger partial charge in [-0.15, -0.1) is 6.58 Å². The van der Waals surface area contributed by atoms with E-state index in [1.807, 2.05) is 12.1 Å². The summed E-state index contributed by atoms with van der Waals surface area (Å²) in [6, 6.07) is 3.65.